The molecule has 0 aliphatic carbocycles. The van der Waals surface area contributed by atoms with Gasteiger partial charge in [-0.05, 0) is 29.8 Å². The maximum atomic E-state index is 14.6. The van der Waals surface area contributed by atoms with Crippen LogP contribution in [0.2, 0.25) is 0 Å². The van der Waals surface area contributed by atoms with E-state index >= 15 is 0 Å². The van der Waals surface area contributed by atoms with Gasteiger partial charge < -0.3 is 9.26 Å². The van der Waals surface area contributed by atoms with Gasteiger partial charge in [0.15, 0.2) is 22.9 Å². The second-order valence-electron chi connectivity index (χ2n) is 7.04. The maximum absolute atomic E-state index is 14.6. The normalized spacial score (nSPS) is 12.0. The van der Waals surface area contributed by atoms with E-state index in [2.05, 4.69) is 20.3 Å². The molecule has 0 amide bonds. The van der Waals surface area contributed by atoms with Crippen LogP contribution >= 0.6 is 0 Å². The molecule has 162 valence electrons. The predicted molar refractivity (Wildman–Crippen MR) is 105 cm³/mol. The van der Waals surface area contributed by atoms with Crippen molar-refractivity contribution in [3.8, 4) is 17.1 Å². The number of alkyl halides is 3. The smallest absolute Gasteiger partial charge is 0.436 e. The molecule has 0 atom stereocenters. The van der Waals surface area contributed by atoms with E-state index in [1.165, 1.54) is 10.6 Å². The maximum Gasteiger partial charge on any atom is 0.436 e. The summed E-state index contributed by atoms with van der Waals surface area (Å²) in [6.07, 6.45) is -1.34. The molecule has 4 aromatic heterocycles. The highest BCUT2D eigenvalue weighted by molar-refractivity contribution is 5.80. The molecule has 4 heterocycles. The van der Waals surface area contributed by atoms with Crippen molar-refractivity contribution in [2.75, 3.05) is 7.11 Å². The molecule has 7 nitrogen and oxygen atoms in total. The highest BCUT2D eigenvalue weighted by Crippen LogP contribution is 2.32. The number of nitrogens with zero attached hydrogens (tertiary/aromatic N) is 5. The summed E-state index contributed by atoms with van der Waals surface area (Å²) >= 11 is 0. The van der Waals surface area contributed by atoms with E-state index in [4.69, 9.17) is 9.26 Å². The fourth-order valence-electron chi connectivity index (χ4n) is 3.36. The fourth-order valence-corrected chi connectivity index (χ4v) is 3.36. The van der Waals surface area contributed by atoms with E-state index in [1.807, 2.05) is 24.3 Å². The highest BCUT2D eigenvalue weighted by atomic mass is 19.4. The summed E-state index contributed by atoms with van der Waals surface area (Å²) in [5.74, 6) is 0.0337. The number of ether oxygens (including phenoxy) is 1. The van der Waals surface area contributed by atoms with Gasteiger partial charge in [0.05, 0.1) is 18.8 Å². The van der Waals surface area contributed by atoms with Gasteiger partial charge in [0.2, 0.25) is 0 Å². The standard InChI is InChI=1S/C21H13F4N5O2/c1-31-14-6-12-4-11(2-3-16(12)26-9-14)5-19-27-28-20-15(22)7-13(10-30(19)20)17-8-18(29-32-17)21(23,24)25/h2-4,6-10H,5H2,1H3. The molecule has 0 aliphatic heterocycles. The van der Waals surface area contributed by atoms with Gasteiger partial charge in [0.1, 0.15) is 11.6 Å². The second-order valence-corrected chi connectivity index (χ2v) is 7.04. The van der Waals surface area contributed by atoms with Gasteiger partial charge in [-0.3, -0.25) is 9.38 Å². The molecule has 0 unspecified atom stereocenters. The van der Waals surface area contributed by atoms with Crippen molar-refractivity contribution >= 4 is 16.6 Å². The minimum absolute atomic E-state index is 0.0524. The summed E-state index contributed by atoms with van der Waals surface area (Å²) in [7, 11) is 1.55. The third-order valence-corrected chi connectivity index (χ3v) is 4.93. The Bertz CT molecular complexity index is 1460. The number of rotatable bonds is 4. The molecule has 11 heteroatoms. The number of hydrogen-bond donors (Lipinski definition) is 0. The molecule has 0 saturated heterocycles. The molecule has 0 fully saturated rings. The van der Waals surface area contributed by atoms with Crippen molar-refractivity contribution < 1.29 is 26.8 Å². The van der Waals surface area contributed by atoms with Crippen LogP contribution in [0.3, 0.4) is 0 Å². The molecular weight excluding hydrogens is 430 g/mol. The SMILES string of the molecule is COc1cnc2ccc(Cc3nnc4c(F)cc(-c5cc(C(F)(F)F)no5)cn34)cc2c1. The van der Waals surface area contributed by atoms with Crippen molar-refractivity contribution in [3.63, 3.8) is 0 Å². The average Bonchev–Trinajstić information content (AvgIpc) is 3.41. The highest BCUT2D eigenvalue weighted by Gasteiger charge is 2.35. The van der Waals surface area contributed by atoms with Gasteiger partial charge in [-0.1, -0.05) is 11.2 Å². The van der Waals surface area contributed by atoms with E-state index < -0.39 is 17.7 Å². The Labute approximate surface area is 177 Å². The van der Waals surface area contributed by atoms with Crippen molar-refractivity contribution in [1.82, 2.24) is 24.7 Å². The molecule has 5 aromatic rings. The molecular formula is C21H13F4N5O2. The van der Waals surface area contributed by atoms with Crippen LogP contribution in [0.4, 0.5) is 17.6 Å². The van der Waals surface area contributed by atoms with E-state index in [0.717, 1.165) is 22.5 Å². The van der Waals surface area contributed by atoms with Crippen LogP contribution in [0, 0.1) is 5.82 Å². The molecule has 32 heavy (non-hydrogen) atoms. The Hall–Kier alpha value is -4.02. The van der Waals surface area contributed by atoms with Crippen molar-refractivity contribution in [2.45, 2.75) is 12.6 Å². The number of hydrogen-bond acceptors (Lipinski definition) is 6. The van der Waals surface area contributed by atoms with Gasteiger partial charge in [-0.25, -0.2) is 4.39 Å². The summed E-state index contributed by atoms with van der Waals surface area (Å²) in [6, 6.07) is 9.18. The lowest BCUT2D eigenvalue weighted by Gasteiger charge is -2.06. The fraction of sp³-hybridized carbons (Fsp3) is 0.143. The Morgan fingerprint density at radius 3 is 2.69 bits per heavy atom. The van der Waals surface area contributed by atoms with Gasteiger partial charge in [-0.15, -0.1) is 10.2 Å². The molecule has 0 radical (unpaired) electrons. The lowest BCUT2D eigenvalue weighted by molar-refractivity contribution is -0.142. The van der Waals surface area contributed by atoms with Crippen LogP contribution in [-0.4, -0.2) is 31.8 Å². The zero-order chi connectivity index (χ0) is 22.5. The van der Waals surface area contributed by atoms with E-state index in [9.17, 15) is 17.6 Å². The van der Waals surface area contributed by atoms with Gasteiger partial charge in [0, 0.05) is 29.6 Å². The summed E-state index contributed by atoms with van der Waals surface area (Å²) < 4.78 is 64.4. The van der Waals surface area contributed by atoms with Gasteiger partial charge >= 0.3 is 6.18 Å². The summed E-state index contributed by atoms with van der Waals surface area (Å²) in [6.45, 7) is 0. The van der Waals surface area contributed by atoms with Crippen molar-refractivity contribution in [1.29, 1.82) is 0 Å². The van der Waals surface area contributed by atoms with Crippen molar-refractivity contribution in [2.24, 2.45) is 0 Å². The third-order valence-electron chi connectivity index (χ3n) is 4.93. The molecule has 5 rings (SSSR count). The first-order valence-corrected chi connectivity index (χ1v) is 9.32. The average molecular weight is 443 g/mol. The predicted octanol–water partition coefficient (Wildman–Crippen LogP) is 4.69. The minimum Gasteiger partial charge on any atom is -0.495 e. The number of methoxy groups -OCH3 is 1. The Kier molecular flexibility index (Phi) is 4.54. The number of pyridine rings is 2. The van der Waals surface area contributed by atoms with Crippen molar-refractivity contribution in [3.05, 3.63) is 71.7 Å². The summed E-state index contributed by atoms with van der Waals surface area (Å²) in [5.41, 5.74) is 0.457. The molecule has 1 aromatic carbocycles. The van der Waals surface area contributed by atoms with Gasteiger partial charge in [-0.2, -0.15) is 13.2 Å². The molecule has 0 spiro atoms. The van der Waals surface area contributed by atoms with Crippen LogP contribution < -0.4 is 4.74 Å². The summed E-state index contributed by atoms with van der Waals surface area (Å²) in [4.78, 5) is 4.31. The van der Waals surface area contributed by atoms with Crippen LogP contribution in [0.15, 0.2) is 53.3 Å². The molecule has 0 bridgehead atoms. The van der Waals surface area contributed by atoms with Gasteiger partial charge in [0.25, 0.3) is 0 Å². The Morgan fingerprint density at radius 1 is 1.09 bits per heavy atom. The van der Waals surface area contributed by atoms with E-state index in [-0.39, 0.29) is 17.0 Å². The third kappa shape index (κ3) is 3.51. The Morgan fingerprint density at radius 2 is 1.94 bits per heavy atom. The first-order chi connectivity index (χ1) is 15.3. The summed E-state index contributed by atoms with van der Waals surface area (Å²) in [5, 5.41) is 11.8. The van der Waals surface area contributed by atoms with Crippen LogP contribution in [-0.2, 0) is 12.6 Å². The quantitative estimate of drug-likeness (QED) is 0.375. The molecule has 0 saturated carbocycles. The molecule has 0 aliphatic rings. The van der Waals surface area contributed by atoms with Crippen LogP contribution in [0.25, 0.3) is 27.9 Å². The first-order valence-electron chi connectivity index (χ1n) is 9.32. The zero-order valence-electron chi connectivity index (χ0n) is 16.4. The van der Waals surface area contributed by atoms with E-state index in [1.54, 1.807) is 13.3 Å². The first kappa shape index (κ1) is 19.9. The monoisotopic (exact) mass is 443 g/mol. The van der Waals surface area contributed by atoms with Crippen LogP contribution in [0.5, 0.6) is 5.75 Å². The lowest BCUT2D eigenvalue weighted by Crippen LogP contribution is -2.04. The number of benzene rings is 1. The number of halogens is 4. The second kappa shape index (κ2) is 7.29. The zero-order valence-corrected chi connectivity index (χ0v) is 16.4. The topological polar surface area (TPSA) is 78.3 Å². The number of aromatic nitrogens is 5. The largest absolute Gasteiger partial charge is 0.495 e. The Balaban J connectivity index is 1.54. The number of fused-ring (bicyclic) bond motifs is 2. The van der Waals surface area contributed by atoms with E-state index in [0.29, 0.717) is 24.1 Å². The van der Waals surface area contributed by atoms with Crippen LogP contribution in [0.1, 0.15) is 17.1 Å². The minimum atomic E-state index is -4.67. The molecule has 0 N–H and O–H groups in total. The lowest BCUT2D eigenvalue weighted by atomic mass is 10.1.